The summed E-state index contributed by atoms with van der Waals surface area (Å²) in [6.45, 7) is -0.458. The standard InChI is InChI=1S/C12H10N2O4/c15-11(16)7-13-12(17)10-6-9(14-18-10)8-4-2-1-3-5-8/h1-6H,7H2,(H,13,17)(H,15,16). The third kappa shape index (κ3) is 2.73. The van der Waals surface area contributed by atoms with Gasteiger partial charge in [0.05, 0.1) is 0 Å². The van der Waals surface area contributed by atoms with Crippen molar-refractivity contribution in [1.82, 2.24) is 10.5 Å². The normalized spacial score (nSPS) is 10.0. The number of aliphatic carboxylic acids is 1. The average molecular weight is 246 g/mol. The van der Waals surface area contributed by atoms with Gasteiger partial charge in [-0.25, -0.2) is 0 Å². The minimum Gasteiger partial charge on any atom is -0.480 e. The molecular formula is C12H10N2O4. The first-order valence-corrected chi connectivity index (χ1v) is 5.19. The van der Waals surface area contributed by atoms with E-state index in [9.17, 15) is 9.59 Å². The van der Waals surface area contributed by atoms with Crippen molar-refractivity contribution in [1.29, 1.82) is 0 Å². The van der Waals surface area contributed by atoms with Crippen LogP contribution in [0, 0.1) is 0 Å². The molecule has 18 heavy (non-hydrogen) atoms. The van der Waals surface area contributed by atoms with Crippen molar-refractivity contribution < 1.29 is 19.2 Å². The number of amides is 1. The van der Waals surface area contributed by atoms with Crippen LogP contribution in [0.15, 0.2) is 40.9 Å². The molecule has 2 rings (SSSR count). The fourth-order valence-electron chi connectivity index (χ4n) is 1.37. The van der Waals surface area contributed by atoms with E-state index >= 15 is 0 Å². The van der Waals surface area contributed by atoms with Crippen LogP contribution in [0.25, 0.3) is 11.3 Å². The number of nitrogens with one attached hydrogen (secondary N) is 1. The highest BCUT2D eigenvalue weighted by Gasteiger charge is 2.14. The van der Waals surface area contributed by atoms with Gasteiger partial charge in [0.25, 0.3) is 5.91 Å². The molecule has 0 fully saturated rings. The minimum atomic E-state index is -1.12. The van der Waals surface area contributed by atoms with Crippen LogP contribution < -0.4 is 5.32 Å². The van der Waals surface area contributed by atoms with E-state index in [1.54, 1.807) is 0 Å². The molecule has 1 aromatic carbocycles. The summed E-state index contributed by atoms with van der Waals surface area (Å²) in [5.74, 6) is -1.74. The van der Waals surface area contributed by atoms with Crippen LogP contribution in [-0.4, -0.2) is 28.7 Å². The number of benzene rings is 1. The zero-order valence-corrected chi connectivity index (χ0v) is 9.29. The van der Waals surface area contributed by atoms with Crippen molar-refractivity contribution in [2.45, 2.75) is 0 Å². The number of rotatable bonds is 4. The van der Waals surface area contributed by atoms with Gasteiger partial charge in [-0.05, 0) is 0 Å². The second-order valence-electron chi connectivity index (χ2n) is 3.52. The van der Waals surface area contributed by atoms with Gasteiger partial charge in [-0.1, -0.05) is 35.5 Å². The Morgan fingerprint density at radius 2 is 2.00 bits per heavy atom. The number of nitrogens with zero attached hydrogens (tertiary/aromatic N) is 1. The lowest BCUT2D eigenvalue weighted by Gasteiger charge is -1.96. The lowest BCUT2D eigenvalue weighted by atomic mass is 10.1. The number of hydrogen-bond acceptors (Lipinski definition) is 4. The van der Waals surface area contributed by atoms with E-state index in [-0.39, 0.29) is 5.76 Å². The van der Waals surface area contributed by atoms with Gasteiger partial charge in [0.15, 0.2) is 0 Å². The van der Waals surface area contributed by atoms with Gasteiger partial charge in [-0.2, -0.15) is 0 Å². The molecule has 1 heterocycles. The van der Waals surface area contributed by atoms with Crippen molar-refractivity contribution in [2.75, 3.05) is 6.54 Å². The SMILES string of the molecule is O=C(O)CNC(=O)c1cc(-c2ccccc2)no1. The summed E-state index contributed by atoms with van der Waals surface area (Å²) in [6.07, 6.45) is 0. The van der Waals surface area contributed by atoms with Crippen molar-refractivity contribution in [3.8, 4) is 11.3 Å². The summed E-state index contributed by atoms with van der Waals surface area (Å²) in [4.78, 5) is 21.8. The summed E-state index contributed by atoms with van der Waals surface area (Å²) in [5.41, 5.74) is 1.34. The topological polar surface area (TPSA) is 92.4 Å². The lowest BCUT2D eigenvalue weighted by molar-refractivity contribution is -0.135. The smallest absolute Gasteiger partial charge is 0.322 e. The highest BCUT2D eigenvalue weighted by atomic mass is 16.5. The maximum absolute atomic E-state index is 11.5. The summed E-state index contributed by atoms with van der Waals surface area (Å²) >= 11 is 0. The number of aromatic nitrogens is 1. The fraction of sp³-hybridized carbons (Fsp3) is 0.0833. The molecule has 2 aromatic rings. The molecule has 1 aromatic heterocycles. The van der Waals surface area contributed by atoms with E-state index in [1.165, 1.54) is 6.07 Å². The number of carbonyl (C=O) groups excluding carboxylic acids is 1. The van der Waals surface area contributed by atoms with Crippen molar-refractivity contribution in [3.63, 3.8) is 0 Å². The second-order valence-corrected chi connectivity index (χ2v) is 3.52. The summed E-state index contributed by atoms with van der Waals surface area (Å²) in [6, 6.07) is 10.7. The molecule has 0 aliphatic heterocycles. The molecular weight excluding hydrogens is 236 g/mol. The maximum atomic E-state index is 11.5. The van der Waals surface area contributed by atoms with Crippen LogP contribution >= 0.6 is 0 Å². The van der Waals surface area contributed by atoms with Gasteiger partial charge in [0.2, 0.25) is 5.76 Å². The van der Waals surface area contributed by atoms with E-state index in [1.807, 2.05) is 30.3 Å². The molecule has 2 N–H and O–H groups in total. The molecule has 0 unspecified atom stereocenters. The first-order chi connectivity index (χ1) is 8.66. The fourth-order valence-corrected chi connectivity index (χ4v) is 1.37. The van der Waals surface area contributed by atoms with E-state index in [2.05, 4.69) is 10.5 Å². The monoisotopic (exact) mass is 246 g/mol. The van der Waals surface area contributed by atoms with Gasteiger partial charge in [0.1, 0.15) is 12.2 Å². The molecule has 0 aliphatic rings. The van der Waals surface area contributed by atoms with Crippen LogP contribution in [0.1, 0.15) is 10.6 Å². The maximum Gasteiger partial charge on any atom is 0.322 e. The summed E-state index contributed by atoms with van der Waals surface area (Å²) < 4.78 is 4.86. The molecule has 0 saturated heterocycles. The Morgan fingerprint density at radius 1 is 1.28 bits per heavy atom. The zero-order chi connectivity index (χ0) is 13.0. The van der Waals surface area contributed by atoms with Gasteiger partial charge in [0, 0.05) is 11.6 Å². The number of carbonyl (C=O) groups is 2. The van der Waals surface area contributed by atoms with Gasteiger partial charge < -0.3 is 14.9 Å². The van der Waals surface area contributed by atoms with E-state index in [0.717, 1.165) is 5.56 Å². The summed E-state index contributed by atoms with van der Waals surface area (Å²) in [5, 5.41) is 14.4. The third-order valence-corrected chi connectivity index (χ3v) is 2.20. The predicted molar refractivity (Wildman–Crippen MR) is 61.9 cm³/mol. The Bertz CT molecular complexity index is 562. The largest absolute Gasteiger partial charge is 0.480 e. The van der Waals surface area contributed by atoms with Crippen LogP contribution in [0.4, 0.5) is 0 Å². The molecule has 6 nitrogen and oxygen atoms in total. The second kappa shape index (κ2) is 5.13. The van der Waals surface area contributed by atoms with Crippen LogP contribution in [0.3, 0.4) is 0 Å². The number of carboxylic acid groups (broad SMARTS) is 1. The van der Waals surface area contributed by atoms with Crippen molar-refractivity contribution in [2.24, 2.45) is 0 Å². The van der Waals surface area contributed by atoms with Crippen LogP contribution in [-0.2, 0) is 4.79 Å². The Labute approximate surface area is 102 Å². The van der Waals surface area contributed by atoms with Gasteiger partial charge in [-0.3, -0.25) is 9.59 Å². The average Bonchev–Trinajstić information content (AvgIpc) is 2.86. The lowest BCUT2D eigenvalue weighted by Crippen LogP contribution is -2.28. The highest BCUT2D eigenvalue weighted by Crippen LogP contribution is 2.18. The molecule has 0 aliphatic carbocycles. The molecule has 92 valence electrons. The molecule has 0 spiro atoms. The van der Waals surface area contributed by atoms with Crippen molar-refractivity contribution in [3.05, 3.63) is 42.2 Å². The molecule has 1 amide bonds. The van der Waals surface area contributed by atoms with Crippen LogP contribution in [0.5, 0.6) is 0 Å². The number of carboxylic acids is 1. The highest BCUT2D eigenvalue weighted by molar-refractivity contribution is 5.94. The summed E-state index contributed by atoms with van der Waals surface area (Å²) in [7, 11) is 0. The molecule has 6 heteroatoms. The van der Waals surface area contributed by atoms with Gasteiger partial charge >= 0.3 is 5.97 Å². The first kappa shape index (κ1) is 11.8. The first-order valence-electron chi connectivity index (χ1n) is 5.19. The Kier molecular flexibility index (Phi) is 3.38. The Morgan fingerprint density at radius 3 is 2.67 bits per heavy atom. The predicted octanol–water partition coefficient (Wildman–Crippen LogP) is 1.16. The van der Waals surface area contributed by atoms with Crippen LogP contribution in [0.2, 0.25) is 0 Å². The van der Waals surface area contributed by atoms with E-state index in [0.29, 0.717) is 5.69 Å². The Hall–Kier alpha value is -2.63. The zero-order valence-electron chi connectivity index (χ0n) is 9.29. The Balaban J connectivity index is 2.11. The molecule has 0 atom stereocenters. The van der Waals surface area contributed by atoms with E-state index < -0.39 is 18.4 Å². The molecule has 0 saturated carbocycles. The van der Waals surface area contributed by atoms with E-state index in [4.69, 9.17) is 9.63 Å². The minimum absolute atomic E-state index is 0.0184. The third-order valence-electron chi connectivity index (χ3n) is 2.20. The molecule has 0 bridgehead atoms. The van der Waals surface area contributed by atoms with Gasteiger partial charge in [-0.15, -0.1) is 0 Å². The quantitative estimate of drug-likeness (QED) is 0.844. The molecule has 0 radical (unpaired) electrons. The number of hydrogen-bond donors (Lipinski definition) is 2. The van der Waals surface area contributed by atoms with Crippen molar-refractivity contribution >= 4 is 11.9 Å².